The van der Waals surface area contributed by atoms with Crippen molar-refractivity contribution in [3.8, 4) is 5.75 Å². The monoisotopic (exact) mass is 217 g/mol. The summed E-state index contributed by atoms with van der Waals surface area (Å²) in [6.07, 6.45) is 0.727. The van der Waals surface area contributed by atoms with Crippen LogP contribution in [0.2, 0.25) is 5.02 Å². The maximum absolute atomic E-state index is 13.0. The average Bonchev–Trinajstić information content (AvgIpc) is 2.12. The van der Waals surface area contributed by atoms with Gasteiger partial charge in [0.2, 0.25) is 0 Å². The first-order valence-corrected chi connectivity index (χ1v) is 4.83. The second-order valence-electron chi connectivity index (χ2n) is 3.08. The molecule has 0 aromatic heterocycles. The first-order chi connectivity index (χ1) is 6.63. The summed E-state index contributed by atoms with van der Waals surface area (Å²) in [7, 11) is 0. The lowest BCUT2D eigenvalue weighted by Gasteiger charge is -2.13. The Balaban J connectivity index is 2.63. The van der Waals surface area contributed by atoms with Crippen molar-refractivity contribution in [1.29, 1.82) is 0 Å². The van der Waals surface area contributed by atoms with Crippen molar-refractivity contribution in [2.45, 2.75) is 19.4 Å². The molecule has 14 heavy (non-hydrogen) atoms. The van der Waals surface area contributed by atoms with Gasteiger partial charge in [0.05, 0.1) is 11.1 Å². The van der Waals surface area contributed by atoms with Gasteiger partial charge in [-0.15, -0.1) is 0 Å². The summed E-state index contributed by atoms with van der Waals surface area (Å²) in [4.78, 5) is 0. The Morgan fingerprint density at radius 1 is 1.57 bits per heavy atom. The molecule has 2 N–H and O–H groups in total. The SMILES string of the molecule is CC(CCN)Oc1ccc(Cl)c(F)c1. The minimum absolute atomic E-state index is 0.0134. The molecule has 1 aromatic rings. The molecule has 0 saturated heterocycles. The van der Waals surface area contributed by atoms with Gasteiger partial charge in [-0.25, -0.2) is 4.39 Å². The van der Waals surface area contributed by atoms with Crippen LogP contribution in [-0.2, 0) is 0 Å². The lowest BCUT2D eigenvalue weighted by Crippen LogP contribution is -2.16. The van der Waals surface area contributed by atoms with E-state index < -0.39 is 5.82 Å². The van der Waals surface area contributed by atoms with E-state index in [1.54, 1.807) is 6.07 Å². The van der Waals surface area contributed by atoms with Gasteiger partial charge in [-0.1, -0.05) is 11.6 Å². The molecule has 0 bridgehead atoms. The van der Waals surface area contributed by atoms with Crippen LogP contribution in [0.15, 0.2) is 18.2 Å². The molecule has 0 fully saturated rings. The summed E-state index contributed by atoms with van der Waals surface area (Å²) in [5.41, 5.74) is 5.36. The summed E-state index contributed by atoms with van der Waals surface area (Å²) in [6, 6.07) is 4.38. The predicted molar refractivity (Wildman–Crippen MR) is 55.2 cm³/mol. The van der Waals surface area contributed by atoms with Crippen LogP contribution in [0.3, 0.4) is 0 Å². The van der Waals surface area contributed by atoms with Gasteiger partial charge in [-0.05, 0) is 32.0 Å². The van der Waals surface area contributed by atoms with Crippen molar-refractivity contribution in [3.05, 3.63) is 29.0 Å². The van der Waals surface area contributed by atoms with Gasteiger partial charge in [-0.2, -0.15) is 0 Å². The molecule has 1 unspecified atom stereocenters. The largest absolute Gasteiger partial charge is 0.491 e. The normalized spacial score (nSPS) is 12.6. The van der Waals surface area contributed by atoms with Crippen molar-refractivity contribution >= 4 is 11.6 Å². The van der Waals surface area contributed by atoms with E-state index in [-0.39, 0.29) is 11.1 Å². The topological polar surface area (TPSA) is 35.2 Å². The standard InChI is InChI=1S/C10H13ClFNO/c1-7(4-5-13)14-8-2-3-9(11)10(12)6-8/h2-3,6-7H,4-5,13H2,1H3. The molecule has 0 radical (unpaired) electrons. The first kappa shape index (κ1) is 11.3. The van der Waals surface area contributed by atoms with Crippen LogP contribution < -0.4 is 10.5 Å². The van der Waals surface area contributed by atoms with Crippen LogP contribution in [0.5, 0.6) is 5.75 Å². The van der Waals surface area contributed by atoms with Crippen molar-refractivity contribution < 1.29 is 9.13 Å². The summed E-state index contributed by atoms with van der Waals surface area (Å²) in [6.45, 7) is 2.44. The van der Waals surface area contributed by atoms with Crippen LogP contribution in [0, 0.1) is 5.82 Å². The molecular weight excluding hydrogens is 205 g/mol. The average molecular weight is 218 g/mol. The van der Waals surface area contributed by atoms with Crippen LogP contribution in [0.4, 0.5) is 4.39 Å². The van der Waals surface area contributed by atoms with Crippen molar-refractivity contribution in [2.24, 2.45) is 5.73 Å². The van der Waals surface area contributed by atoms with E-state index in [0.717, 1.165) is 6.42 Å². The lowest BCUT2D eigenvalue weighted by molar-refractivity contribution is 0.213. The fourth-order valence-electron chi connectivity index (χ4n) is 1.08. The number of halogens is 2. The van der Waals surface area contributed by atoms with Gasteiger partial charge < -0.3 is 10.5 Å². The molecule has 78 valence electrons. The van der Waals surface area contributed by atoms with E-state index in [1.165, 1.54) is 12.1 Å². The highest BCUT2D eigenvalue weighted by Gasteiger charge is 2.05. The van der Waals surface area contributed by atoms with Gasteiger partial charge >= 0.3 is 0 Å². The van der Waals surface area contributed by atoms with Gasteiger partial charge in [0, 0.05) is 6.07 Å². The molecule has 0 aliphatic carbocycles. The summed E-state index contributed by atoms with van der Waals surface area (Å²) in [5.74, 6) is 0.0111. The zero-order chi connectivity index (χ0) is 10.6. The molecule has 0 saturated carbocycles. The zero-order valence-corrected chi connectivity index (χ0v) is 8.72. The molecule has 0 aliphatic rings. The smallest absolute Gasteiger partial charge is 0.145 e. The van der Waals surface area contributed by atoms with Crippen molar-refractivity contribution in [3.63, 3.8) is 0 Å². The molecular formula is C10H13ClFNO. The van der Waals surface area contributed by atoms with E-state index in [9.17, 15) is 4.39 Å². The highest BCUT2D eigenvalue weighted by atomic mass is 35.5. The third-order valence-corrected chi connectivity index (χ3v) is 2.11. The van der Waals surface area contributed by atoms with E-state index in [0.29, 0.717) is 12.3 Å². The highest BCUT2D eigenvalue weighted by molar-refractivity contribution is 6.30. The lowest BCUT2D eigenvalue weighted by atomic mass is 10.3. The van der Waals surface area contributed by atoms with Gasteiger partial charge in [0.1, 0.15) is 11.6 Å². The van der Waals surface area contributed by atoms with Gasteiger partial charge in [-0.3, -0.25) is 0 Å². The summed E-state index contributed by atoms with van der Waals surface area (Å²) in [5, 5.41) is 0.101. The Bertz CT molecular complexity index is 306. The zero-order valence-electron chi connectivity index (χ0n) is 7.97. The number of rotatable bonds is 4. The molecule has 4 heteroatoms. The minimum atomic E-state index is -0.468. The molecule has 1 aromatic carbocycles. The molecule has 1 atom stereocenters. The van der Waals surface area contributed by atoms with Crippen LogP contribution in [0.25, 0.3) is 0 Å². The van der Waals surface area contributed by atoms with E-state index in [1.807, 2.05) is 6.92 Å². The van der Waals surface area contributed by atoms with E-state index in [2.05, 4.69) is 0 Å². The third kappa shape index (κ3) is 3.16. The maximum atomic E-state index is 13.0. The molecule has 0 heterocycles. The number of ether oxygens (including phenoxy) is 1. The van der Waals surface area contributed by atoms with Crippen molar-refractivity contribution in [1.82, 2.24) is 0 Å². The Kier molecular flexibility index (Phi) is 4.17. The van der Waals surface area contributed by atoms with Crippen LogP contribution in [-0.4, -0.2) is 12.6 Å². The van der Waals surface area contributed by atoms with E-state index in [4.69, 9.17) is 22.1 Å². The van der Waals surface area contributed by atoms with E-state index >= 15 is 0 Å². The number of hydrogen-bond donors (Lipinski definition) is 1. The molecule has 2 nitrogen and oxygen atoms in total. The third-order valence-electron chi connectivity index (χ3n) is 1.80. The Labute approximate surface area is 87.8 Å². The predicted octanol–water partition coefficient (Wildman–Crippen LogP) is 2.60. The first-order valence-electron chi connectivity index (χ1n) is 4.45. The summed E-state index contributed by atoms with van der Waals surface area (Å²) >= 11 is 5.53. The minimum Gasteiger partial charge on any atom is -0.491 e. The molecule has 0 spiro atoms. The summed E-state index contributed by atoms with van der Waals surface area (Å²) < 4.78 is 18.4. The quantitative estimate of drug-likeness (QED) is 0.842. The number of hydrogen-bond acceptors (Lipinski definition) is 2. The Hall–Kier alpha value is -0.800. The second kappa shape index (κ2) is 5.17. The second-order valence-corrected chi connectivity index (χ2v) is 3.49. The van der Waals surface area contributed by atoms with Gasteiger partial charge in [0.15, 0.2) is 0 Å². The fraction of sp³-hybridized carbons (Fsp3) is 0.400. The Morgan fingerprint density at radius 3 is 2.86 bits per heavy atom. The highest BCUT2D eigenvalue weighted by Crippen LogP contribution is 2.21. The maximum Gasteiger partial charge on any atom is 0.145 e. The fourth-order valence-corrected chi connectivity index (χ4v) is 1.19. The van der Waals surface area contributed by atoms with Crippen LogP contribution in [0.1, 0.15) is 13.3 Å². The number of benzene rings is 1. The van der Waals surface area contributed by atoms with Crippen molar-refractivity contribution in [2.75, 3.05) is 6.54 Å². The van der Waals surface area contributed by atoms with Crippen LogP contribution >= 0.6 is 11.6 Å². The molecule has 1 rings (SSSR count). The molecule has 0 amide bonds. The Morgan fingerprint density at radius 2 is 2.29 bits per heavy atom. The number of nitrogens with two attached hydrogens (primary N) is 1. The molecule has 0 aliphatic heterocycles. The van der Waals surface area contributed by atoms with Gasteiger partial charge in [0.25, 0.3) is 0 Å².